The molecule has 140 valence electrons. The molecule has 2 fully saturated rings. The highest BCUT2D eigenvalue weighted by atomic mass is 16.5. The lowest BCUT2D eigenvalue weighted by Crippen LogP contribution is -2.47. The SMILES string of the molecule is CCN1CCN(CCOc2ccc(-c3ocnc3CC3CC3)cc2)CC1. The second-order valence-corrected chi connectivity index (χ2v) is 7.42. The summed E-state index contributed by atoms with van der Waals surface area (Å²) in [6, 6.07) is 8.22. The summed E-state index contributed by atoms with van der Waals surface area (Å²) < 4.78 is 11.6. The molecule has 0 unspecified atom stereocenters. The van der Waals surface area contributed by atoms with Gasteiger partial charge in [-0.3, -0.25) is 4.90 Å². The first kappa shape index (κ1) is 17.6. The fourth-order valence-electron chi connectivity index (χ4n) is 3.57. The molecule has 1 aromatic heterocycles. The molecule has 0 N–H and O–H groups in total. The minimum atomic E-state index is 0.737. The predicted molar refractivity (Wildman–Crippen MR) is 102 cm³/mol. The van der Waals surface area contributed by atoms with Crippen LogP contribution in [-0.2, 0) is 6.42 Å². The van der Waals surface area contributed by atoms with Crippen molar-refractivity contribution in [3.8, 4) is 17.1 Å². The van der Waals surface area contributed by atoms with Gasteiger partial charge in [0.1, 0.15) is 12.4 Å². The maximum atomic E-state index is 5.94. The minimum Gasteiger partial charge on any atom is -0.492 e. The Morgan fingerprint density at radius 2 is 1.81 bits per heavy atom. The molecular weight excluding hydrogens is 326 g/mol. The summed E-state index contributed by atoms with van der Waals surface area (Å²) in [5, 5.41) is 0. The van der Waals surface area contributed by atoms with E-state index in [-0.39, 0.29) is 0 Å². The van der Waals surface area contributed by atoms with Crippen LogP contribution in [0, 0.1) is 5.92 Å². The zero-order valence-corrected chi connectivity index (χ0v) is 15.7. The van der Waals surface area contributed by atoms with Gasteiger partial charge < -0.3 is 14.1 Å². The number of benzene rings is 1. The third-order valence-corrected chi connectivity index (χ3v) is 5.53. The number of ether oxygens (including phenoxy) is 1. The lowest BCUT2D eigenvalue weighted by atomic mass is 10.1. The first-order chi connectivity index (χ1) is 12.8. The molecular formula is C21H29N3O2. The summed E-state index contributed by atoms with van der Waals surface area (Å²) in [5.74, 6) is 2.64. The molecule has 1 aromatic carbocycles. The molecule has 2 aliphatic rings. The van der Waals surface area contributed by atoms with Crippen LogP contribution in [0.25, 0.3) is 11.3 Å². The molecule has 5 heteroatoms. The van der Waals surface area contributed by atoms with Crippen LogP contribution < -0.4 is 4.74 Å². The summed E-state index contributed by atoms with van der Waals surface area (Å²) in [7, 11) is 0. The number of hydrogen-bond acceptors (Lipinski definition) is 5. The number of rotatable bonds is 8. The average Bonchev–Trinajstić information content (AvgIpc) is 3.38. The van der Waals surface area contributed by atoms with Crippen LogP contribution in [0.3, 0.4) is 0 Å². The van der Waals surface area contributed by atoms with Crippen LogP contribution in [0.5, 0.6) is 5.75 Å². The molecule has 1 aliphatic carbocycles. The van der Waals surface area contributed by atoms with Gasteiger partial charge in [-0.25, -0.2) is 4.98 Å². The Bertz CT molecular complexity index is 686. The zero-order chi connectivity index (χ0) is 17.8. The molecule has 1 saturated heterocycles. The van der Waals surface area contributed by atoms with Gasteiger partial charge in [0, 0.05) is 38.3 Å². The van der Waals surface area contributed by atoms with Gasteiger partial charge in [0.2, 0.25) is 0 Å². The fourth-order valence-corrected chi connectivity index (χ4v) is 3.57. The van der Waals surface area contributed by atoms with E-state index >= 15 is 0 Å². The number of nitrogens with zero attached hydrogens (tertiary/aromatic N) is 3. The van der Waals surface area contributed by atoms with E-state index in [9.17, 15) is 0 Å². The van der Waals surface area contributed by atoms with Gasteiger partial charge in [-0.2, -0.15) is 0 Å². The van der Waals surface area contributed by atoms with E-state index in [1.54, 1.807) is 6.39 Å². The van der Waals surface area contributed by atoms with Gasteiger partial charge in [0.15, 0.2) is 12.2 Å². The van der Waals surface area contributed by atoms with Crippen LogP contribution in [0.1, 0.15) is 25.5 Å². The van der Waals surface area contributed by atoms with Crippen molar-refractivity contribution in [1.82, 2.24) is 14.8 Å². The highest BCUT2D eigenvalue weighted by Gasteiger charge is 2.25. The van der Waals surface area contributed by atoms with Crippen LogP contribution >= 0.6 is 0 Å². The fraction of sp³-hybridized carbons (Fsp3) is 0.571. The smallest absolute Gasteiger partial charge is 0.181 e. The molecule has 1 aliphatic heterocycles. The molecule has 0 amide bonds. The molecule has 1 saturated carbocycles. The molecule has 0 radical (unpaired) electrons. The Balaban J connectivity index is 1.26. The monoisotopic (exact) mass is 355 g/mol. The number of hydrogen-bond donors (Lipinski definition) is 0. The minimum absolute atomic E-state index is 0.737. The Morgan fingerprint density at radius 3 is 2.50 bits per heavy atom. The molecule has 0 bridgehead atoms. The van der Waals surface area contributed by atoms with E-state index in [1.165, 1.54) is 25.9 Å². The number of aromatic nitrogens is 1. The normalized spacial score (nSPS) is 19.0. The summed E-state index contributed by atoms with van der Waals surface area (Å²) >= 11 is 0. The summed E-state index contributed by atoms with van der Waals surface area (Å²) in [6.45, 7) is 9.75. The maximum absolute atomic E-state index is 5.94. The van der Waals surface area contributed by atoms with Crippen molar-refractivity contribution in [3.63, 3.8) is 0 Å². The van der Waals surface area contributed by atoms with Crippen LogP contribution in [0.15, 0.2) is 35.1 Å². The van der Waals surface area contributed by atoms with Gasteiger partial charge in [-0.05, 0) is 56.0 Å². The first-order valence-corrected chi connectivity index (χ1v) is 9.92. The van der Waals surface area contributed by atoms with Crippen molar-refractivity contribution in [1.29, 1.82) is 0 Å². The summed E-state index contributed by atoms with van der Waals surface area (Å²) in [5.41, 5.74) is 2.17. The van der Waals surface area contributed by atoms with Gasteiger partial charge in [-0.1, -0.05) is 6.92 Å². The highest BCUT2D eigenvalue weighted by molar-refractivity contribution is 5.60. The van der Waals surface area contributed by atoms with Crippen molar-refractivity contribution in [2.75, 3.05) is 45.9 Å². The predicted octanol–water partition coefficient (Wildman–Crippen LogP) is 3.31. The molecule has 4 rings (SSSR count). The molecule has 0 spiro atoms. The van der Waals surface area contributed by atoms with E-state index in [2.05, 4.69) is 33.8 Å². The Labute approximate surface area is 156 Å². The highest BCUT2D eigenvalue weighted by Crippen LogP contribution is 2.35. The van der Waals surface area contributed by atoms with E-state index in [0.717, 1.165) is 67.9 Å². The largest absolute Gasteiger partial charge is 0.492 e. The Hall–Kier alpha value is -1.85. The second-order valence-electron chi connectivity index (χ2n) is 7.42. The lowest BCUT2D eigenvalue weighted by Gasteiger charge is -2.33. The third kappa shape index (κ3) is 4.46. The number of likely N-dealkylation sites (N-methyl/N-ethyl adjacent to an activating group) is 1. The lowest BCUT2D eigenvalue weighted by molar-refractivity contribution is 0.121. The average molecular weight is 355 g/mol. The maximum Gasteiger partial charge on any atom is 0.181 e. The van der Waals surface area contributed by atoms with E-state index in [4.69, 9.17) is 9.15 Å². The quantitative estimate of drug-likeness (QED) is 0.727. The van der Waals surface area contributed by atoms with Gasteiger partial charge in [-0.15, -0.1) is 0 Å². The first-order valence-electron chi connectivity index (χ1n) is 9.92. The zero-order valence-electron chi connectivity index (χ0n) is 15.7. The van der Waals surface area contributed by atoms with Gasteiger partial charge >= 0.3 is 0 Å². The Kier molecular flexibility index (Phi) is 5.56. The van der Waals surface area contributed by atoms with Gasteiger partial charge in [0.05, 0.1) is 5.69 Å². The van der Waals surface area contributed by atoms with E-state index < -0.39 is 0 Å². The molecule has 26 heavy (non-hydrogen) atoms. The van der Waals surface area contributed by atoms with Crippen molar-refractivity contribution < 1.29 is 9.15 Å². The van der Waals surface area contributed by atoms with Crippen molar-refractivity contribution in [2.24, 2.45) is 5.92 Å². The van der Waals surface area contributed by atoms with Crippen LogP contribution in [-0.4, -0.2) is 60.7 Å². The number of oxazole rings is 1. The second kappa shape index (κ2) is 8.23. The van der Waals surface area contributed by atoms with Crippen molar-refractivity contribution in [3.05, 3.63) is 36.4 Å². The third-order valence-electron chi connectivity index (χ3n) is 5.53. The van der Waals surface area contributed by atoms with E-state index in [1.807, 2.05) is 12.1 Å². The number of piperazine rings is 1. The van der Waals surface area contributed by atoms with E-state index in [0.29, 0.717) is 0 Å². The van der Waals surface area contributed by atoms with Crippen molar-refractivity contribution in [2.45, 2.75) is 26.2 Å². The topological polar surface area (TPSA) is 41.7 Å². The molecule has 2 heterocycles. The summed E-state index contributed by atoms with van der Waals surface area (Å²) in [6.07, 6.45) is 5.25. The van der Waals surface area contributed by atoms with Crippen LogP contribution in [0.2, 0.25) is 0 Å². The van der Waals surface area contributed by atoms with Gasteiger partial charge in [0.25, 0.3) is 0 Å². The standard InChI is InChI=1S/C21H29N3O2/c1-2-23-9-11-24(12-10-23)13-14-25-19-7-5-18(6-8-19)21-20(22-16-26-21)15-17-3-4-17/h5-8,16-17H,2-4,9-15H2,1H3. The molecule has 2 aromatic rings. The van der Waals surface area contributed by atoms with Crippen molar-refractivity contribution >= 4 is 0 Å². The molecule has 5 nitrogen and oxygen atoms in total. The summed E-state index contributed by atoms with van der Waals surface area (Å²) in [4.78, 5) is 9.38. The van der Waals surface area contributed by atoms with Crippen LogP contribution in [0.4, 0.5) is 0 Å². The Morgan fingerprint density at radius 1 is 1.08 bits per heavy atom. The molecule has 0 atom stereocenters.